The third-order valence-electron chi connectivity index (χ3n) is 1.78. The van der Waals surface area contributed by atoms with Crippen LogP contribution in [0.1, 0.15) is 18.1 Å². The van der Waals surface area contributed by atoms with E-state index in [1.807, 2.05) is 24.3 Å². The van der Waals surface area contributed by atoms with Gasteiger partial charge in [-0.3, -0.25) is 0 Å². The Morgan fingerprint density at radius 1 is 1.33 bits per heavy atom. The molecule has 0 spiro atoms. The minimum Gasteiger partial charge on any atom is -0.393 e. The van der Waals surface area contributed by atoms with E-state index in [2.05, 4.69) is 0 Å². The third-order valence-corrected chi connectivity index (χ3v) is 2.07. The highest BCUT2D eigenvalue weighted by atomic mass is 35.5. The predicted molar refractivity (Wildman–Crippen MR) is 51.4 cm³/mol. The van der Waals surface area contributed by atoms with Crippen molar-refractivity contribution < 1.29 is 5.11 Å². The lowest BCUT2D eigenvalue weighted by Crippen LogP contribution is -2.05. The van der Waals surface area contributed by atoms with Crippen LogP contribution < -0.4 is 0 Å². The fraction of sp³-hybridized carbons (Fsp3) is 0.400. The van der Waals surface area contributed by atoms with E-state index in [9.17, 15) is 5.11 Å². The number of benzene rings is 1. The van der Waals surface area contributed by atoms with Crippen LogP contribution in [0.2, 0.25) is 0 Å². The van der Waals surface area contributed by atoms with Crippen LogP contribution in [-0.4, -0.2) is 11.2 Å². The second kappa shape index (κ2) is 4.48. The minimum absolute atomic E-state index is 0.297. The summed E-state index contributed by atoms with van der Waals surface area (Å²) in [4.78, 5) is 0. The van der Waals surface area contributed by atoms with Gasteiger partial charge in [0.25, 0.3) is 0 Å². The quantitative estimate of drug-likeness (QED) is 0.716. The van der Waals surface area contributed by atoms with Gasteiger partial charge in [-0.05, 0) is 24.5 Å². The molecule has 0 fully saturated rings. The van der Waals surface area contributed by atoms with E-state index in [0.29, 0.717) is 12.3 Å². The van der Waals surface area contributed by atoms with Gasteiger partial charge in [0.2, 0.25) is 0 Å². The first-order valence-electron chi connectivity index (χ1n) is 4.05. The van der Waals surface area contributed by atoms with Crippen molar-refractivity contribution in [3.63, 3.8) is 0 Å². The Bertz CT molecular complexity index is 245. The first-order valence-corrected chi connectivity index (χ1v) is 4.58. The second-order valence-corrected chi connectivity index (χ2v) is 3.22. The van der Waals surface area contributed by atoms with E-state index < -0.39 is 0 Å². The number of hydrogen-bond acceptors (Lipinski definition) is 1. The van der Waals surface area contributed by atoms with Gasteiger partial charge in [0.1, 0.15) is 0 Å². The van der Waals surface area contributed by atoms with Crippen molar-refractivity contribution in [2.75, 3.05) is 0 Å². The Kier molecular flexibility index (Phi) is 3.57. The van der Waals surface area contributed by atoms with Gasteiger partial charge in [-0.25, -0.2) is 0 Å². The molecule has 12 heavy (non-hydrogen) atoms. The zero-order valence-corrected chi connectivity index (χ0v) is 7.88. The summed E-state index contributed by atoms with van der Waals surface area (Å²) in [7, 11) is 0. The van der Waals surface area contributed by atoms with Crippen molar-refractivity contribution in [2.45, 2.75) is 25.3 Å². The van der Waals surface area contributed by atoms with Crippen molar-refractivity contribution in [3.8, 4) is 0 Å². The maximum absolute atomic E-state index is 9.18. The first-order chi connectivity index (χ1) is 5.74. The van der Waals surface area contributed by atoms with Gasteiger partial charge in [0.05, 0.1) is 6.10 Å². The molecule has 0 aliphatic carbocycles. The van der Waals surface area contributed by atoms with Crippen molar-refractivity contribution in [2.24, 2.45) is 0 Å². The number of rotatable bonds is 3. The van der Waals surface area contributed by atoms with Gasteiger partial charge >= 0.3 is 0 Å². The number of aliphatic hydroxyl groups excluding tert-OH is 1. The third kappa shape index (κ3) is 2.50. The highest BCUT2D eigenvalue weighted by molar-refractivity contribution is 6.17. The van der Waals surface area contributed by atoms with Gasteiger partial charge in [-0.1, -0.05) is 24.3 Å². The maximum Gasteiger partial charge on any atom is 0.0552 e. The maximum atomic E-state index is 9.18. The van der Waals surface area contributed by atoms with E-state index in [4.69, 9.17) is 11.6 Å². The Hall–Kier alpha value is -0.530. The average Bonchev–Trinajstić information content (AvgIpc) is 2.04. The van der Waals surface area contributed by atoms with Crippen molar-refractivity contribution >= 4 is 11.6 Å². The van der Waals surface area contributed by atoms with Crippen LogP contribution in [0.4, 0.5) is 0 Å². The highest BCUT2D eigenvalue weighted by Crippen LogP contribution is 2.13. The summed E-state index contributed by atoms with van der Waals surface area (Å²) >= 11 is 5.73. The van der Waals surface area contributed by atoms with Gasteiger partial charge < -0.3 is 5.11 Å². The molecule has 1 N–H and O–H groups in total. The summed E-state index contributed by atoms with van der Waals surface area (Å²) in [5.41, 5.74) is 2.25. The number of halogens is 1. The predicted octanol–water partition coefficient (Wildman–Crippen LogP) is 2.35. The van der Waals surface area contributed by atoms with Crippen LogP contribution in [-0.2, 0) is 12.3 Å². The molecule has 0 radical (unpaired) electrons. The molecule has 1 unspecified atom stereocenters. The molecule has 1 aromatic rings. The topological polar surface area (TPSA) is 20.2 Å². The lowest BCUT2D eigenvalue weighted by Gasteiger charge is -2.08. The summed E-state index contributed by atoms with van der Waals surface area (Å²) in [6, 6.07) is 7.92. The van der Waals surface area contributed by atoms with Crippen molar-refractivity contribution in [1.29, 1.82) is 0 Å². The zero-order chi connectivity index (χ0) is 8.97. The van der Waals surface area contributed by atoms with E-state index in [1.165, 1.54) is 0 Å². The van der Waals surface area contributed by atoms with Crippen LogP contribution in [0.5, 0.6) is 0 Å². The number of hydrogen-bond donors (Lipinski definition) is 1. The van der Waals surface area contributed by atoms with E-state index >= 15 is 0 Å². The van der Waals surface area contributed by atoms with Gasteiger partial charge in [0.15, 0.2) is 0 Å². The molecule has 0 aromatic heterocycles. The normalized spacial score (nSPS) is 12.9. The lowest BCUT2D eigenvalue weighted by molar-refractivity contribution is 0.195. The SMILES string of the molecule is CC(O)Cc1ccccc1CCl. The molecule has 66 valence electrons. The Morgan fingerprint density at radius 3 is 2.42 bits per heavy atom. The van der Waals surface area contributed by atoms with Gasteiger partial charge in [-0.2, -0.15) is 0 Å². The largest absolute Gasteiger partial charge is 0.393 e. The molecule has 0 aliphatic rings. The fourth-order valence-corrected chi connectivity index (χ4v) is 1.47. The van der Waals surface area contributed by atoms with Gasteiger partial charge in [-0.15, -0.1) is 11.6 Å². The molecule has 2 heteroatoms. The molecule has 0 heterocycles. The molecule has 1 nitrogen and oxygen atoms in total. The summed E-state index contributed by atoms with van der Waals surface area (Å²) in [6.45, 7) is 1.78. The fourth-order valence-electron chi connectivity index (χ4n) is 1.21. The Morgan fingerprint density at radius 2 is 1.92 bits per heavy atom. The highest BCUT2D eigenvalue weighted by Gasteiger charge is 2.02. The lowest BCUT2D eigenvalue weighted by atomic mass is 10.0. The van der Waals surface area contributed by atoms with Crippen LogP contribution in [0.3, 0.4) is 0 Å². The second-order valence-electron chi connectivity index (χ2n) is 2.96. The molecule has 0 saturated heterocycles. The summed E-state index contributed by atoms with van der Waals surface area (Å²) in [5, 5.41) is 9.18. The summed E-state index contributed by atoms with van der Waals surface area (Å²) in [6.07, 6.45) is 0.387. The van der Waals surface area contributed by atoms with Crippen molar-refractivity contribution in [1.82, 2.24) is 0 Å². The molecule has 1 atom stereocenters. The number of aliphatic hydroxyl groups is 1. The van der Waals surface area contributed by atoms with Crippen LogP contribution >= 0.6 is 11.6 Å². The average molecular weight is 185 g/mol. The molecule has 0 bridgehead atoms. The van der Waals surface area contributed by atoms with Crippen LogP contribution in [0.25, 0.3) is 0 Å². The van der Waals surface area contributed by atoms with Crippen LogP contribution in [0.15, 0.2) is 24.3 Å². The van der Waals surface area contributed by atoms with E-state index in [-0.39, 0.29) is 6.10 Å². The smallest absolute Gasteiger partial charge is 0.0552 e. The Labute approximate surface area is 78.0 Å². The molecule has 0 aliphatic heterocycles. The molecular formula is C10H13ClO. The summed E-state index contributed by atoms with van der Waals surface area (Å²) in [5.74, 6) is 0.517. The molecular weight excluding hydrogens is 172 g/mol. The van der Waals surface area contributed by atoms with Crippen LogP contribution in [0, 0.1) is 0 Å². The monoisotopic (exact) mass is 184 g/mol. The zero-order valence-electron chi connectivity index (χ0n) is 7.13. The van der Waals surface area contributed by atoms with E-state index in [1.54, 1.807) is 6.92 Å². The Balaban J connectivity index is 2.82. The molecule has 1 aromatic carbocycles. The first kappa shape index (κ1) is 9.56. The number of alkyl halides is 1. The minimum atomic E-state index is -0.297. The standard InChI is InChI=1S/C10H13ClO/c1-8(12)6-9-4-2-3-5-10(9)7-11/h2-5,8,12H,6-7H2,1H3. The van der Waals surface area contributed by atoms with E-state index in [0.717, 1.165) is 11.1 Å². The van der Waals surface area contributed by atoms with Gasteiger partial charge in [0, 0.05) is 5.88 Å². The van der Waals surface area contributed by atoms with Crippen molar-refractivity contribution in [3.05, 3.63) is 35.4 Å². The molecule has 0 saturated carbocycles. The summed E-state index contributed by atoms with van der Waals surface area (Å²) < 4.78 is 0. The molecule has 0 amide bonds. The molecule has 1 rings (SSSR count).